The Hall–Kier alpha value is -2.45. The second-order valence-electron chi connectivity index (χ2n) is 8.51. The van der Waals surface area contributed by atoms with Crippen LogP contribution in [0.5, 0.6) is 5.75 Å². The number of rotatable bonds is 4. The van der Waals surface area contributed by atoms with E-state index in [4.69, 9.17) is 19.3 Å². The highest BCUT2D eigenvalue weighted by Crippen LogP contribution is 2.45. The maximum absolute atomic E-state index is 11.5. The highest BCUT2D eigenvalue weighted by atomic mass is 16.7. The molecule has 1 aliphatic heterocycles. The lowest BCUT2D eigenvalue weighted by molar-refractivity contribution is -0.204. The molecule has 2 N–H and O–H groups in total. The molecule has 0 bridgehead atoms. The van der Waals surface area contributed by atoms with Crippen LogP contribution in [0.25, 0.3) is 17.0 Å². The van der Waals surface area contributed by atoms with Crippen molar-refractivity contribution >= 4 is 5.70 Å². The van der Waals surface area contributed by atoms with Crippen LogP contribution in [0.15, 0.2) is 48.6 Å². The van der Waals surface area contributed by atoms with Crippen LogP contribution in [0.2, 0.25) is 0 Å². The number of benzene rings is 1. The third kappa shape index (κ3) is 3.83. The first-order valence-electron chi connectivity index (χ1n) is 10.8. The lowest BCUT2D eigenvalue weighted by Gasteiger charge is -2.39. The van der Waals surface area contributed by atoms with Crippen molar-refractivity contribution in [2.24, 2.45) is 0 Å². The predicted octanol–water partition coefficient (Wildman–Crippen LogP) is 3.58. The van der Waals surface area contributed by atoms with E-state index in [2.05, 4.69) is 6.08 Å². The van der Waals surface area contributed by atoms with Crippen LogP contribution in [0.1, 0.15) is 37.8 Å². The quantitative estimate of drug-likeness (QED) is 0.780. The van der Waals surface area contributed by atoms with Gasteiger partial charge in [-0.1, -0.05) is 12.2 Å². The monoisotopic (exact) mass is 424 g/mol. The van der Waals surface area contributed by atoms with Crippen molar-refractivity contribution in [3.8, 4) is 17.0 Å². The molecule has 5 rings (SSSR count). The maximum atomic E-state index is 11.5. The van der Waals surface area contributed by atoms with Gasteiger partial charge in [-0.15, -0.1) is 0 Å². The first-order valence-corrected chi connectivity index (χ1v) is 10.8. The Morgan fingerprint density at radius 2 is 1.81 bits per heavy atom. The molecule has 1 aromatic heterocycles. The van der Waals surface area contributed by atoms with E-state index in [-0.39, 0.29) is 11.9 Å². The lowest BCUT2D eigenvalue weighted by atomic mass is 9.79. The first kappa shape index (κ1) is 20.5. The van der Waals surface area contributed by atoms with E-state index in [0.29, 0.717) is 44.6 Å². The molecule has 7 nitrogen and oxygen atoms in total. The molecule has 2 heterocycles. The Bertz CT molecular complexity index is 991. The molecule has 31 heavy (non-hydrogen) atoms. The molecule has 0 unspecified atom stereocenters. The first-order chi connectivity index (χ1) is 15.0. The molecule has 2 aromatic rings. The molecule has 7 heteroatoms. The topological polar surface area (TPSA) is 86.0 Å². The minimum absolute atomic E-state index is 0.0565. The van der Waals surface area contributed by atoms with E-state index in [1.165, 1.54) is 0 Å². The van der Waals surface area contributed by atoms with Gasteiger partial charge in [0, 0.05) is 25.5 Å². The van der Waals surface area contributed by atoms with Gasteiger partial charge < -0.3 is 24.4 Å². The highest BCUT2D eigenvalue weighted by molar-refractivity contribution is 5.70. The average Bonchev–Trinajstić information content (AvgIpc) is 3.45. The van der Waals surface area contributed by atoms with Crippen molar-refractivity contribution in [3.05, 3.63) is 54.3 Å². The Morgan fingerprint density at radius 1 is 1.10 bits per heavy atom. The van der Waals surface area contributed by atoms with E-state index in [1.54, 1.807) is 19.2 Å². The summed E-state index contributed by atoms with van der Waals surface area (Å²) in [5, 5.41) is 26.1. The lowest BCUT2D eigenvalue weighted by Crippen LogP contribution is -2.42. The van der Waals surface area contributed by atoms with Gasteiger partial charge in [0.2, 0.25) is 0 Å². The SMILES string of the molecule is CO[C@@H]1C=CC(n2nc(C3(O)CCC4(CC3)OCCO4)cc2-c2ccc(O)cc2)=CC1. The summed E-state index contributed by atoms with van der Waals surface area (Å²) < 4.78 is 18.9. The van der Waals surface area contributed by atoms with Crippen molar-refractivity contribution in [3.63, 3.8) is 0 Å². The van der Waals surface area contributed by atoms with Gasteiger partial charge in [0.15, 0.2) is 5.79 Å². The minimum Gasteiger partial charge on any atom is -0.508 e. The number of aliphatic hydroxyl groups is 1. The van der Waals surface area contributed by atoms with Gasteiger partial charge in [0.1, 0.15) is 11.4 Å². The van der Waals surface area contributed by atoms with E-state index in [9.17, 15) is 10.2 Å². The second-order valence-corrected chi connectivity index (χ2v) is 8.51. The highest BCUT2D eigenvalue weighted by Gasteiger charge is 2.47. The van der Waals surface area contributed by atoms with Crippen LogP contribution in [0, 0.1) is 0 Å². The molecule has 0 amide bonds. The number of nitrogens with zero attached hydrogens (tertiary/aromatic N) is 2. The van der Waals surface area contributed by atoms with E-state index in [0.717, 1.165) is 23.4 Å². The summed E-state index contributed by atoms with van der Waals surface area (Å²) in [7, 11) is 1.70. The smallest absolute Gasteiger partial charge is 0.168 e. The Kier molecular flexibility index (Phi) is 5.22. The van der Waals surface area contributed by atoms with Crippen LogP contribution in [-0.4, -0.2) is 52.2 Å². The van der Waals surface area contributed by atoms with Crippen molar-refractivity contribution in [2.45, 2.75) is 49.6 Å². The third-order valence-electron chi connectivity index (χ3n) is 6.59. The number of hydrogen-bond acceptors (Lipinski definition) is 6. The van der Waals surface area contributed by atoms with Crippen molar-refractivity contribution in [1.29, 1.82) is 0 Å². The van der Waals surface area contributed by atoms with Crippen molar-refractivity contribution < 1.29 is 24.4 Å². The fraction of sp³-hybridized carbons (Fsp3) is 0.458. The van der Waals surface area contributed by atoms with Gasteiger partial charge in [-0.2, -0.15) is 5.10 Å². The van der Waals surface area contributed by atoms with Gasteiger partial charge in [0.05, 0.1) is 36.4 Å². The number of aromatic hydroxyl groups is 1. The molecule has 3 aliphatic rings. The zero-order valence-electron chi connectivity index (χ0n) is 17.7. The van der Waals surface area contributed by atoms with E-state index < -0.39 is 11.4 Å². The summed E-state index contributed by atoms with van der Waals surface area (Å²) in [6, 6.07) is 8.99. The second kappa shape index (κ2) is 7.91. The van der Waals surface area contributed by atoms with Crippen LogP contribution in [0.4, 0.5) is 0 Å². The van der Waals surface area contributed by atoms with Gasteiger partial charge in [-0.05, 0) is 55.7 Å². The number of aromatic nitrogens is 2. The fourth-order valence-corrected chi connectivity index (χ4v) is 4.65. The number of phenols is 1. The van der Waals surface area contributed by atoms with Gasteiger partial charge in [-0.3, -0.25) is 0 Å². The van der Waals surface area contributed by atoms with Gasteiger partial charge >= 0.3 is 0 Å². The summed E-state index contributed by atoms with van der Waals surface area (Å²) >= 11 is 0. The summed E-state index contributed by atoms with van der Waals surface area (Å²) in [6.45, 7) is 1.22. The van der Waals surface area contributed by atoms with Crippen LogP contribution in [-0.2, 0) is 19.8 Å². The van der Waals surface area contributed by atoms with Crippen molar-refractivity contribution in [1.82, 2.24) is 9.78 Å². The minimum atomic E-state index is -1.04. The molecule has 1 spiro atoms. The van der Waals surface area contributed by atoms with Crippen molar-refractivity contribution in [2.75, 3.05) is 20.3 Å². The zero-order chi connectivity index (χ0) is 21.5. The number of allylic oxidation sites excluding steroid dienone is 2. The normalized spacial score (nSPS) is 24.5. The number of methoxy groups -OCH3 is 1. The molecule has 2 aliphatic carbocycles. The van der Waals surface area contributed by atoms with Gasteiger partial charge in [0.25, 0.3) is 0 Å². The predicted molar refractivity (Wildman–Crippen MR) is 115 cm³/mol. The molecular weight excluding hydrogens is 396 g/mol. The zero-order valence-corrected chi connectivity index (χ0v) is 17.7. The Balaban J connectivity index is 1.50. The summed E-state index contributed by atoms with van der Waals surface area (Å²) in [5.41, 5.74) is 2.32. The summed E-state index contributed by atoms with van der Waals surface area (Å²) in [5.74, 6) is -0.333. The molecule has 1 atom stereocenters. The number of phenolic OH excluding ortho intramolecular Hbond substituents is 1. The number of hydrogen-bond donors (Lipinski definition) is 2. The Labute approximate surface area is 181 Å². The fourth-order valence-electron chi connectivity index (χ4n) is 4.65. The standard InChI is InChI=1S/C24H28N2O5/c1-29-20-8-4-18(5-9-20)26-21(17-2-6-19(27)7-3-17)16-22(25-26)23(28)10-12-24(13-11-23)30-14-15-31-24/h2-8,16,20,27-28H,9-15H2,1H3/t20-/m1/s1. The van der Waals surface area contributed by atoms with E-state index >= 15 is 0 Å². The molecule has 0 radical (unpaired) electrons. The average molecular weight is 424 g/mol. The van der Waals surface area contributed by atoms with Crippen LogP contribution < -0.4 is 0 Å². The Morgan fingerprint density at radius 3 is 2.42 bits per heavy atom. The van der Waals surface area contributed by atoms with Crippen LogP contribution >= 0.6 is 0 Å². The molecule has 1 saturated heterocycles. The number of ether oxygens (including phenoxy) is 3. The molecule has 1 saturated carbocycles. The largest absolute Gasteiger partial charge is 0.508 e. The maximum Gasteiger partial charge on any atom is 0.168 e. The van der Waals surface area contributed by atoms with E-state index in [1.807, 2.05) is 35.0 Å². The summed E-state index contributed by atoms with van der Waals surface area (Å²) in [4.78, 5) is 0. The van der Waals surface area contributed by atoms with Crippen LogP contribution in [0.3, 0.4) is 0 Å². The third-order valence-corrected chi connectivity index (χ3v) is 6.59. The molecule has 164 valence electrons. The van der Waals surface area contributed by atoms with Gasteiger partial charge in [-0.25, -0.2) is 4.68 Å². The molecule has 2 fully saturated rings. The summed E-state index contributed by atoms with van der Waals surface area (Å²) in [6.07, 6.45) is 9.26. The molecular formula is C24H28N2O5. The molecule has 1 aromatic carbocycles.